The Kier molecular flexibility index (Phi) is 3.96. The standard InChI is InChI=1S/C21H24N6O/c1-14-23-20-17(13-22-26(20)3)21(24-14)27-11-7-15(8-12-27)28-19-6-4-5-18-16(19)9-10-25(18)2/h4-6,9-10,13,15H,7-8,11-12H2,1-3H3. The second kappa shape index (κ2) is 6.51. The summed E-state index contributed by atoms with van der Waals surface area (Å²) in [6.45, 7) is 3.76. The van der Waals surface area contributed by atoms with Crippen molar-refractivity contribution in [3.05, 3.63) is 42.5 Å². The molecular formula is C21H24N6O. The second-order valence-electron chi connectivity index (χ2n) is 7.52. The molecule has 0 spiro atoms. The lowest BCUT2D eigenvalue weighted by Crippen LogP contribution is -2.39. The number of hydrogen-bond acceptors (Lipinski definition) is 5. The predicted molar refractivity (Wildman–Crippen MR) is 110 cm³/mol. The fourth-order valence-corrected chi connectivity index (χ4v) is 4.10. The topological polar surface area (TPSA) is 61.0 Å². The first-order valence-corrected chi connectivity index (χ1v) is 9.72. The minimum Gasteiger partial charge on any atom is -0.490 e. The average molecular weight is 376 g/mol. The third-order valence-electron chi connectivity index (χ3n) is 5.61. The highest BCUT2D eigenvalue weighted by molar-refractivity contribution is 5.87. The number of nitrogens with zero attached hydrogens (tertiary/aromatic N) is 6. The smallest absolute Gasteiger partial charge is 0.163 e. The van der Waals surface area contributed by atoms with Crippen LogP contribution in [0.5, 0.6) is 5.75 Å². The number of aryl methyl sites for hydroxylation is 3. The fourth-order valence-electron chi connectivity index (χ4n) is 4.10. The molecule has 0 atom stereocenters. The van der Waals surface area contributed by atoms with Gasteiger partial charge in [0.25, 0.3) is 0 Å². The highest BCUT2D eigenvalue weighted by Crippen LogP contribution is 2.30. The maximum absolute atomic E-state index is 6.39. The van der Waals surface area contributed by atoms with E-state index in [0.29, 0.717) is 0 Å². The SMILES string of the molecule is Cc1nc(N2CCC(Oc3cccc4c3ccn4C)CC2)c2cnn(C)c2n1. The van der Waals surface area contributed by atoms with Crippen LogP contribution in [0.2, 0.25) is 0 Å². The number of piperidine rings is 1. The lowest BCUT2D eigenvalue weighted by Gasteiger charge is -2.33. The van der Waals surface area contributed by atoms with Crippen molar-refractivity contribution < 1.29 is 4.74 Å². The van der Waals surface area contributed by atoms with Crippen LogP contribution in [0.1, 0.15) is 18.7 Å². The molecule has 0 N–H and O–H groups in total. The van der Waals surface area contributed by atoms with Gasteiger partial charge in [0.05, 0.1) is 17.1 Å². The molecule has 4 aromatic rings. The van der Waals surface area contributed by atoms with Gasteiger partial charge in [0.15, 0.2) is 5.65 Å². The summed E-state index contributed by atoms with van der Waals surface area (Å²) in [5.74, 6) is 2.74. The van der Waals surface area contributed by atoms with E-state index in [1.165, 1.54) is 10.9 Å². The molecule has 0 bridgehead atoms. The van der Waals surface area contributed by atoms with Crippen molar-refractivity contribution in [2.45, 2.75) is 25.9 Å². The van der Waals surface area contributed by atoms with Crippen LogP contribution in [0.15, 0.2) is 36.7 Å². The molecule has 1 aromatic carbocycles. The molecule has 5 rings (SSSR count). The van der Waals surface area contributed by atoms with Crippen LogP contribution in [0, 0.1) is 6.92 Å². The molecule has 28 heavy (non-hydrogen) atoms. The molecule has 4 heterocycles. The number of hydrogen-bond donors (Lipinski definition) is 0. The van der Waals surface area contributed by atoms with Crippen molar-refractivity contribution in [1.82, 2.24) is 24.3 Å². The molecule has 1 aliphatic rings. The van der Waals surface area contributed by atoms with E-state index >= 15 is 0 Å². The molecule has 7 heteroatoms. The summed E-state index contributed by atoms with van der Waals surface area (Å²) in [5.41, 5.74) is 2.09. The molecule has 7 nitrogen and oxygen atoms in total. The van der Waals surface area contributed by atoms with Crippen LogP contribution in [0.3, 0.4) is 0 Å². The molecule has 0 radical (unpaired) electrons. The van der Waals surface area contributed by atoms with Crippen LogP contribution < -0.4 is 9.64 Å². The molecule has 0 amide bonds. The van der Waals surface area contributed by atoms with Crippen LogP contribution in [0.4, 0.5) is 5.82 Å². The predicted octanol–water partition coefficient (Wildman–Crippen LogP) is 3.21. The number of benzene rings is 1. The average Bonchev–Trinajstić information content (AvgIpc) is 3.26. The van der Waals surface area contributed by atoms with Gasteiger partial charge in [-0.1, -0.05) is 6.07 Å². The second-order valence-corrected chi connectivity index (χ2v) is 7.52. The first-order chi connectivity index (χ1) is 13.6. The van der Waals surface area contributed by atoms with Crippen molar-refractivity contribution in [2.75, 3.05) is 18.0 Å². The van der Waals surface area contributed by atoms with Crippen LogP contribution in [-0.4, -0.2) is 43.5 Å². The van der Waals surface area contributed by atoms with Gasteiger partial charge in [-0.15, -0.1) is 0 Å². The van der Waals surface area contributed by atoms with E-state index in [4.69, 9.17) is 9.72 Å². The molecule has 0 saturated carbocycles. The van der Waals surface area contributed by atoms with E-state index in [0.717, 1.165) is 54.4 Å². The maximum atomic E-state index is 6.39. The maximum Gasteiger partial charge on any atom is 0.163 e. The van der Waals surface area contributed by atoms with Gasteiger partial charge in [0.1, 0.15) is 23.5 Å². The molecule has 1 saturated heterocycles. The Hall–Kier alpha value is -3.09. The zero-order valence-electron chi connectivity index (χ0n) is 16.5. The number of ether oxygens (including phenoxy) is 1. The Labute approximate surface area is 163 Å². The third kappa shape index (κ3) is 2.78. The van der Waals surface area contributed by atoms with Gasteiger partial charge in [-0.3, -0.25) is 4.68 Å². The lowest BCUT2D eigenvalue weighted by molar-refractivity contribution is 0.173. The van der Waals surface area contributed by atoms with Gasteiger partial charge in [0.2, 0.25) is 0 Å². The van der Waals surface area contributed by atoms with E-state index in [-0.39, 0.29) is 6.10 Å². The summed E-state index contributed by atoms with van der Waals surface area (Å²) in [6, 6.07) is 8.39. The zero-order valence-corrected chi connectivity index (χ0v) is 16.5. The number of anilines is 1. The van der Waals surface area contributed by atoms with Gasteiger partial charge < -0.3 is 14.2 Å². The van der Waals surface area contributed by atoms with Gasteiger partial charge in [-0.25, -0.2) is 9.97 Å². The van der Waals surface area contributed by atoms with Crippen molar-refractivity contribution in [3.63, 3.8) is 0 Å². The minimum absolute atomic E-state index is 0.217. The van der Waals surface area contributed by atoms with Crippen LogP contribution in [0.25, 0.3) is 21.9 Å². The molecule has 1 aliphatic heterocycles. The Bertz CT molecular complexity index is 1150. The van der Waals surface area contributed by atoms with E-state index in [1.54, 1.807) is 0 Å². The Balaban J connectivity index is 1.34. The van der Waals surface area contributed by atoms with E-state index in [9.17, 15) is 0 Å². The van der Waals surface area contributed by atoms with E-state index < -0.39 is 0 Å². The molecule has 0 aliphatic carbocycles. The molecule has 1 fully saturated rings. The fraction of sp³-hybridized carbons (Fsp3) is 0.381. The minimum atomic E-state index is 0.217. The summed E-state index contributed by atoms with van der Waals surface area (Å²) < 4.78 is 10.3. The molecule has 3 aromatic heterocycles. The number of rotatable bonds is 3. The number of aromatic nitrogens is 5. The zero-order chi connectivity index (χ0) is 19.3. The summed E-state index contributed by atoms with van der Waals surface area (Å²) in [4.78, 5) is 11.6. The Morgan fingerprint density at radius 1 is 1.04 bits per heavy atom. The highest BCUT2D eigenvalue weighted by Gasteiger charge is 2.24. The van der Waals surface area contributed by atoms with Crippen molar-refractivity contribution >= 4 is 27.8 Å². The van der Waals surface area contributed by atoms with E-state index in [2.05, 4.69) is 57.1 Å². The third-order valence-corrected chi connectivity index (χ3v) is 5.61. The van der Waals surface area contributed by atoms with Crippen molar-refractivity contribution in [1.29, 1.82) is 0 Å². The first kappa shape index (κ1) is 17.0. The van der Waals surface area contributed by atoms with Gasteiger partial charge in [-0.05, 0) is 25.1 Å². The highest BCUT2D eigenvalue weighted by atomic mass is 16.5. The van der Waals surface area contributed by atoms with E-state index in [1.807, 2.05) is 24.9 Å². The lowest BCUT2D eigenvalue weighted by atomic mass is 10.1. The number of fused-ring (bicyclic) bond motifs is 2. The Morgan fingerprint density at radius 3 is 2.68 bits per heavy atom. The van der Waals surface area contributed by atoms with Crippen molar-refractivity contribution in [2.24, 2.45) is 14.1 Å². The molecule has 0 unspecified atom stereocenters. The van der Waals surface area contributed by atoms with Gasteiger partial charge >= 0.3 is 0 Å². The Morgan fingerprint density at radius 2 is 1.86 bits per heavy atom. The summed E-state index contributed by atoms with van der Waals surface area (Å²) in [5, 5.41) is 6.55. The summed E-state index contributed by atoms with van der Waals surface area (Å²) in [6.07, 6.45) is 6.09. The molecule has 144 valence electrons. The van der Waals surface area contributed by atoms with Gasteiger partial charge in [0, 0.05) is 51.6 Å². The normalized spacial score (nSPS) is 15.6. The van der Waals surface area contributed by atoms with Crippen LogP contribution in [-0.2, 0) is 14.1 Å². The summed E-state index contributed by atoms with van der Waals surface area (Å²) in [7, 11) is 3.98. The van der Waals surface area contributed by atoms with Gasteiger partial charge in [-0.2, -0.15) is 5.10 Å². The van der Waals surface area contributed by atoms with Crippen LogP contribution >= 0.6 is 0 Å². The quantitative estimate of drug-likeness (QED) is 0.549. The summed E-state index contributed by atoms with van der Waals surface area (Å²) >= 11 is 0. The first-order valence-electron chi connectivity index (χ1n) is 9.72. The monoisotopic (exact) mass is 376 g/mol. The van der Waals surface area contributed by atoms with Crippen molar-refractivity contribution in [3.8, 4) is 5.75 Å². The molecular weight excluding hydrogens is 352 g/mol. The largest absolute Gasteiger partial charge is 0.490 e.